The van der Waals surface area contributed by atoms with Crippen LogP contribution in [-0.4, -0.2) is 26.2 Å². The number of benzene rings is 2. The van der Waals surface area contributed by atoms with Crippen LogP contribution >= 0.6 is 0 Å². The van der Waals surface area contributed by atoms with Crippen LogP contribution in [0.15, 0.2) is 42.5 Å². The molecule has 2 aromatic carbocycles. The molecule has 0 heterocycles. The van der Waals surface area contributed by atoms with E-state index in [0.717, 1.165) is 48.9 Å². The fourth-order valence-electron chi connectivity index (χ4n) is 3.48. The van der Waals surface area contributed by atoms with E-state index in [1.165, 1.54) is 31.4 Å². The van der Waals surface area contributed by atoms with Gasteiger partial charge in [0.25, 0.3) is 0 Å². The van der Waals surface area contributed by atoms with Crippen LogP contribution in [-0.2, 0) is 0 Å². The number of hydrogen-bond donors (Lipinski definition) is 2. The van der Waals surface area contributed by atoms with Gasteiger partial charge in [-0.1, -0.05) is 32.8 Å². The van der Waals surface area contributed by atoms with Crippen LogP contribution < -0.4 is 20.9 Å². The summed E-state index contributed by atoms with van der Waals surface area (Å²) in [5.74, 6) is 0. The van der Waals surface area contributed by atoms with Crippen LogP contribution in [0.5, 0.6) is 0 Å². The fraction of sp³-hybridized carbons (Fsp3) is 0.500. The molecule has 0 amide bonds. The average Bonchev–Trinajstić information content (AvgIpc) is 2.71. The van der Waals surface area contributed by atoms with Crippen LogP contribution in [0.1, 0.15) is 53.4 Å². The van der Waals surface area contributed by atoms with Gasteiger partial charge in [-0.15, -0.1) is 0 Å². The maximum absolute atomic E-state index is 6.06. The third-order valence-electron chi connectivity index (χ3n) is 5.18. The fourth-order valence-corrected chi connectivity index (χ4v) is 3.48. The first-order chi connectivity index (χ1) is 13.6. The maximum atomic E-state index is 6.06. The van der Waals surface area contributed by atoms with Crippen LogP contribution in [0.25, 0.3) is 0 Å². The van der Waals surface area contributed by atoms with Crippen molar-refractivity contribution in [2.75, 3.05) is 47.0 Å². The molecule has 0 radical (unpaired) electrons. The minimum atomic E-state index is 0.798. The van der Waals surface area contributed by atoms with E-state index in [-0.39, 0.29) is 0 Å². The Bertz CT molecular complexity index is 702. The SMILES string of the molecule is CCCCN(CCCC)c1cccc(Nc2ccc(N)cc2N(CC)CC)c1. The smallest absolute Gasteiger partial charge is 0.0625 e. The molecule has 0 aliphatic carbocycles. The standard InChI is InChI=1S/C24H38N4/c1-5-9-16-28(17-10-6-2)22-13-11-12-21(19-22)26-23-15-14-20(25)18-24(23)27(7-3)8-4/h11-15,18-19,26H,5-10,16-17,25H2,1-4H3. The van der Waals surface area contributed by atoms with Crippen molar-refractivity contribution in [2.45, 2.75) is 53.4 Å². The van der Waals surface area contributed by atoms with Gasteiger partial charge < -0.3 is 20.9 Å². The van der Waals surface area contributed by atoms with Gasteiger partial charge in [-0.25, -0.2) is 0 Å². The third kappa shape index (κ3) is 6.08. The average molecular weight is 383 g/mol. The second kappa shape index (κ2) is 11.5. The van der Waals surface area contributed by atoms with E-state index in [0.29, 0.717) is 0 Å². The Hall–Kier alpha value is -2.36. The number of hydrogen-bond acceptors (Lipinski definition) is 4. The van der Waals surface area contributed by atoms with Gasteiger partial charge in [0.2, 0.25) is 0 Å². The molecule has 2 aromatic rings. The zero-order valence-electron chi connectivity index (χ0n) is 18.2. The van der Waals surface area contributed by atoms with Crippen molar-refractivity contribution in [1.82, 2.24) is 0 Å². The summed E-state index contributed by atoms with van der Waals surface area (Å²) in [4.78, 5) is 4.85. The highest BCUT2D eigenvalue weighted by Gasteiger charge is 2.11. The highest BCUT2D eigenvalue weighted by atomic mass is 15.1. The molecular formula is C24H38N4. The first-order valence-corrected chi connectivity index (χ1v) is 10.9. The molecule has 0 saturated heterocycles. The van der Waals surface area contributed by atoms with E-state index < -0.39 is 0 Å². The molecule has 0 aliphatic heterocycles. The first kappa shape index (κ1) is 21.9. The summed E-state index contributed by atoms with van der Waals surface area (Å²) in [6, 6.07) is 14.9. The second-order valence-corrected chi connectivity index (χ2v) is 7.32. The highest BCUT2D eigenvalue weighted by molar-refractivity contribution is 5.79. The molecule has 0 saturated carbocycles. The topological polar surface area (TPSA) is 44.5 Å². The van der Waals surface area contributed by atoms with Gasteiger partial charge in [-0.2, -0.15) is 0 Å². The van der Waals surface area contributed by atoms with Crippen molar-refractivity contribution >= 4 is 28.4 Å². The largest absolute Gasteiger partial charge is 0.399 e. The quantitative estimate of drug-likeness (QED) is 0.425. The summed E-state index contributed by atoms with van der Waals surface area (Å²) in [7, 11) is 0. The van der Waals surface area contributed by atoms with E-state index in [1.807, 2.05) is 6.07 Å². The Kier molecular flexibility index (Phi) is 8.99. The van der Waals surface area contributed by atoms with Gasteiger partial charge in [0, 0.05) is 43.2 Å². The Morgan fingerprint density at radius 2 is 1.50 bits per heavy atom. The van der Waals surface area contributed by atoms with Gasteiger partial charge in [0.1, 0.15) is 0 Å². The molecule has 4 nitrogen and oxygen atoms in total. The lowest BCUT2D eigenvalue weighted by Crippen LogP contribution is -2.25. The second-order valence-electron chi connectivity index (χ2n) is 7.32. The summed E-state index contributed by atoms with van der Waals surface area (Å²) < 4.78 is 0. The van der Waals surface area contributed by atoms with Gasteiger partial charge in [0.15, 0.2) is 0 Å². The first-order valence-electron chi connectivity index (χ1n) is 10.9. The summed E-state index contributed by atoms with van der Waals surface area (Å²) in [6.07, 6.45) is 4.90. The normalized spacial score (nSPS) is 10.7. The number of nitrogens with one attached hydrogen (secondary N) is 1. The van der Waals surface area contributed by atoms with Gasteiger partial charge in [0.05, 0.1) is 11.4 Å². The van der Waals surface area contributed by atoms with E-state index in [2.05, 4.69) is 79.2 Å². The van der Waals surface area contributed by atoms with Crippen molar-refractivity contribution in [1.29, 1.82) is 0 Å². The van der Waals surface area contributed by atoms with Crippen molar-refractivity contribution in [3.05, 3.63) is 42.5 Å². The predicted octanol–water partition coefficient (Wildman–Crippen LogP) is 6.27. The van der Waals surface area contributed by atoms with E-state index in [9.17, 15) is 0 Å². The van der Waals surface area contributed by atoms with Crippen molar-refractivity contribution < 1.29 is 0 Å². The third-order valence-corrected chi connectivity index (χ3v) is 5.18. The Morgan fingerprint density at radius 3 is 2.11 bits per heavy atom. The number of rotatable bonds is 12. The van der Waals surface area contributed by atoms with Crippen molar-refractivity contribution in [2.24, 2.45) is 0 Å². The molecule has 0 spiro atoms. The molecule has 0 bridgehead atoms. The summed E-state index contributed by atoms with van der Waals surface area (Å²) in [5.41, 5.74) is 11.5. The zero-order chi connectivity index (χ0) is 20.4. The van der Waals surface area contributed by atoms with Crippen LogP contribution in [0.3, 0.4) is 0 Å². The Labute approximate surface area is 171 Å². The number of nitrogen functional groups attached to an aromatic ring is 1. The van der Waals surface area contributed by atoms with E-state index in [4.69, 9.17) is 5.73 Å². The molecule has 0 fully saturated rings. The molecule has 0 atom stereocenters. The zero-order valence-corrected chi connectivity index (χ0v) is 18.2. The molecule has 0 aromatic heterocycles. The van der Waals surface area contributed by atoms with Crippen LogP contribution in [0.4, 0.5) is 28.4 Å². The van der Waals surface area contributed by atoms with Gasteiger partial charge in [-0.05, 0) is 63.1 Å². The number of unbranched alkanes of at least 4 members (excludes halogenated alkanes) is 2. The molecule has 154 valence electrons. The van der Waals surface area contributed by atoms with Gasteiger partial charge >= 0.3 is 0 Å². The lowest BCUT2D eigenvalue weighted by atomic mass is 10.2. The molecule has 0 unspecified atom stereocenters. The Morgan fingerprint density at radius 1 is 0.821 bits per heavy atom. The lowest BCUT2D eigenvalue weighted by Gasteiger charge is -2.27. The summed E-state index contributed by atoms with van der Waals surface area (Å²) in [6.45, 7) is 13.0. The molecule has 4 heteroatoms. The van der Waals surface area contributed by atoms with E-state index in [1.54, 1.807) is 0 Å². The van der Waals surface area contributed by atoms with Gasteiger partial charge in [-0.3, -0.25) is 0 Å². The number of nitrogens with zero attached hydrogens (tertiary/aromatic N) is 2. The molecule has 28 heavy (non-hydrogen) atoms. The number of nitrogens with two attached hydrogens (primary N) is 1. The van der Waals surface area contributed by atoms with E-state index >= 15 is 0 Å². The van der Waals surface area contributed by atoms with Crippen molar-refractivity contribution in [3.8, 4) is 0 Å². The Balaban J connectivity index is 2.26. The summed E-state index contributed by atoms with van der Waals surface area (Å²) in [5, 5.41) is 3.63. The number of anilines is 5. The lowest BCUT2D eigenvalue weighted by molar-refractivity contribution is 0.678. The predicted molar refractivity (Wildman–Crippen MR) is 126 cm³/mol. The minimum absolute atomic E-state index is 0.798. The molecule has 0 aliphatic rings. The monoisotopic (exact) mass is 382 g/mol. The summed E-state index contributed by atoms with van der Waals surface area (Å²) >= 11 is 0. The molecule has 2 rings (SSSR count). The van der Waals surface area contributed by atoms with Crippen LogP contribution in [0.2, 0.25) is 0 Å². The minimum Gasteiger partial charge on any atom is -0.399 e. The van der Waals surface area contributed by atoms with Crippen LogP contribution in [0, 0.1) is 0 Å². The molecular weight excluding hydrogens is 344 g/mol. The highest BCUT2D eigenvalue weighted by Crippen LogP contribution is 2.32. The molecule has 3 N–H and O–H groups in total. The van der Waals surface area contributed by atoms with Crippen molar-refractivity contribution in [3.63, 3.8) is 0 Å². The maximum Gasteiger partial charge on any atom is 0.0625 e.